The van der Waals surface area contributed by atoms with Gasteiger partial charge in [0.15, 0.2) is 0 Å². The van der Waals surface area contributed by atoms with E-state index in [-0.39, 0.29) is 12.0 Å². The molecule has 246 valence electrons. The Labute approximate surface area is 290 Å². The van der Waals surface area contributed by atoms with Gasteiger partial charge >= 0.3 is 5.97 Å². The largest absolute Gasteiger partial charge is 0.481 e. The smallest absolute Gasteiger partial charge is 0.307 e. The lowest BCUT2D eigenvalue weighted by Gasteiger charge is -2.45. The third-order valence-corrected chi connectivity index (χ3v) is 12.1. The van der Waals surface area contributed by atoms with Crippen LogP contribution in [0.5, 0.6) is 0 Å². The van der Waals surface area contributed by atoms with Crippen molar-refractivity contribution >= 4 is 40.4 Å². The van der Waals surface area contributed by atoms with Gasteiger partial charge in [-0.05, 0) is 84.5 Å². The number of benzene rings is 1. The number of halogens is 1. The third kappa shape index (κ3) is 6.20. The van der Waals surface area contributed by atoms with Gasteiger partial charge in [-0.25, -0.2) is 4.98 Å². The van der Waals surface area contributed by atoms with Gasteiger partial charge in [0.1, 0.15) is 11.8 Å². The zero-order chi connectivity index (χ0) is 33.5. The minimum absolute atomic E-state index is 0.281. The van der Waals surface area contributed by atoms with Crippen molar-refractivity contribution in [3.05, 3.63) is 119 Å². The molecule has 4 unspecified atom stereocenters. The van der Waals surface area contributed by atoms with Crippen LogP contribution in [0.3, 0.4) is 0 Å². The van der Waals surface area contributed by atoms with E-state index in [1.165, 1.54) is 0 Å². The Morgan fingerprint density at radius 3 is 2.56 bits per heavy atom. The fraction of sp³-hybridized carbons (Fsp3) is 0.342. The fourth-order valence-corrected chi connectivity index (χ4v) is 9.20. The number of nitriles is 1. The maximum absolute atomic E-state index is 11.6. The molecule has 8 nitrogen and oxygen atoms in total. The Bertz CT molecular complexity index is 1950. The molecule has 2 aliphatic heterocycles. The van der Waals surface area contributed by atoms with Gasteiger partial charge in [-0.1, -0.05) is 60.3 Å². The SMILES string of the molecule is CC1(Cl)C(c2ccccc2)=CC=CC1(Sc1cc(CN2CCC(O)C2)ccn1)c1cc2cc(CN3CCC(C(=O)O)C3)cc(C#N)n2c1. The summed E-state index contributed by atoms with van der Waals surface area (Å²) in [5.41, 5.74) is 6.43. The zero-order valence-electron chi connectivity index (χ0n) is 26.8. The van der Waals surface area contributed by atoms with Crippen molar-refractivity contribution in [1.29, 1.82) is 5.26 Å². The molecule has 3 aliphatic rings. The summed E-state index contributed by atoms with van der Waals surface area (Å²) >= 11 is 9.43. The number of β-amino-alcohol motifs (C(OH)–C–C–N with tert-alkyl or cyclic N) is 1. The molecule has 7 rings (SSSR count). The summed E-state index contributed by atoms with van der Waals surface area (Å²) in [5, 5.41) is 30.7. The highest BCUT2D eigenvalue weighted by molar-refractivity contribution is 8.00. The standard InChI is InChI=1S/C38H38ClN5O3S/c1-37(39)34(28-6-3-2-4-7-28)8-5-12-38(37,48-35-18-26(9-13-41-35)21-43-15-11-33(45)25-43)30-19-31-16-27(17-32(20-40)44(31)24-30)22-42-14-10-29(23-42)36(46)47/h2-9,12-13,16-19,24,29,33,45H,10-11,14-15,21-23,25H2,1H3,(H,46,47). The van der Waals surface area contributed by atoms with Crippen LogP contribution < -0.4 is 0 Å². The Morgan fingerprint density at radius 2 is 1.83 bits per heavy atom. The number of aliphatic carboxylic acids is 1. The van der Waals surface area contributed by atoms with Gasteiger partial charge in [0.2, 0.25) is 0 Å². The topological polar surface area (TPSA) is 105 Å². The molecular formula is C38H38ClN5O3S. The lowest BCUT2D eigenvalue weighted by molar-refractivity contribution is -0.141. The second-order valence-corrected chi connectivity index (χ2v) is 15.3. The minimum atomic E-state index is -0.924. The number of carboxylic acid groups (broad SMARTS) is 1. The third-order valence-electron chi connectivity index (χ3n) is 9.94. The van der Waals surface area contributed by atoms with Gasteiger partial charge in [0, 0.05) is 50.6 Å². The van der Waals surface area contributed by atoms with Crippen molar-refractivity contribution in [3.8, 4) is 6.07 Å². The van der Waals surface area contributed by atoms with Crippen LogP contribution in [0.4, 0.5) is 0 Å². The molecule has 5 heterocycles. The second kappa shape index (κ2) is 13.2. The van der Waals surface area contributed by atoms with Crippen molar-refractivity contribution in [3.63, 3.8) is 0 Å². The molecule has 0 bridgehead atoms. The van der Waals surface area contributed by atoms with E-state index in [4.69, 9.17) is 16.6 Å². The van der Waals surface area contributed by atoms with Gasteiger partial charge in [0.05, 0.1) is 26.7 Å². The van der Waals surface area contributed by atoms with Gasteiger partial charge in [-0.2, -0.15) is 5.26 Å². The molecule has 0 spiro atoms. The Kier molecular flexibility index (Phi) is 8.96. The highest BCUT2D eigenvalue weighted by atomic mass is 35.5. The number of allylic oxidation sites excluding steroid dienone is 3. The number of fused-ring (bicyclic) bond motifs is 1. The first-order valence-electron chi connectivity index (χ1n) is 16.3. The molecule has 1 aliphatic carbocycles. The van der Waals surface area contributed by atoms with Crippen molar-refractivity contribution in [1.82, 2.24) is 19.2 Å². The molecular weight excluding hydrogens is 642 g/mol. The molecule has 48 heavy (non-hydrogen) atoms. The van der Waals surface area contributed by atoms with Crippen molar-refractivity contribution in [2.75, 3.05) is 26.2 Å². The number of alkyl halides is 1. The Morgan fingerprint density at radius 1 is 1.06 bits per heavy atom. The summed E-state index contributed by atoms with van der Waals surface area (Å²) in [6.07, 6.45) is 11.3. The molecule has 2 N–H and O–H groups in total. The number of thioether (sulfide) groups is 1. The van der Waals surface area contributed by atoms with E-state index < -0.39 is 15.6 Å². The molecule has 4 aromatic rings. The average Bonchev–Trinajstić information content (AvgIpc) is 3.82. The number of carbonyl (C=O) groups is 1. The van der Waals surface area contributed by atoms with E-state index in [1.54, 1.807) is 11.8 Å². The van der Waals surface area contributed by atoms with Gasteiger partial charge in [-0.15, -0.1) is 11.6 Å². The molecule has 2 fully saturated rings. The number of pyridine rings is 2. The summed E-state index contributed by atoms with van der Waals surface area (Å²) in [4.78, 5) is 19.8. The first kappa shape index (κ1) is 32.6. The number of nitrogens with zero attached hydrogens (tertiary/aromatic N) is 5. The molecule has 1 aromatic carbocycles. The summed E-state index contributed by atoms with van der Waals surface area (Å²) in [6.45, 7) is 6.12. The molecule has 4 atom stereocenters. The van der Waals surface area contributed by atoms with E-state index >= 15 is 0 Å². The average molecular weight is 680 g/mol. The van der Waals surface area contributed by atoms with Crippen molar-refractivity contribution in [2.45, 2.75) is 53.6 Å². The molecule has 3 aromatic heterocycles. The molecule has 2 saturated heterocycles. The molecule has 0 amide bonds. The van der Waals surface area contributed by atoms with E-state index in [1.807, 2.05) is 47.1 Å². The van der Waals surface area contributed by atoms with Crippen LogP contribution in [0.2, 0.25) is 0 Å². The minimum Gasteiger partial charge on any atom is -0.481 e. The predicted octanol–water partition coefficient (Wildman–Crippen LogP) is 6.32. The summed E-state index contributed by atoms with van der Waals surface area (Å²) in [7, 11) is 0. The Hall–Kier alpha value is -3.91. The lowest BCUT2D eigenvalue weighted by atomic mass is 9.76. The number of aliphatic hydroxyl groups is 1. The van der Waals surface area contributed by atoms with E-state index in [0.29, 0.717) is 38.3 Å². The van der Waals surface area contributed by atoms with Gasteiger partial charge in [-0.3, -0.25) is 14.6 Å². The zero-order valence-corrected chi connectivity index (χ0v) is 28.4. The number of aromatic nitrogens is 2. The number of aliphatic hydroxyl groups excluding tert-OH is 1. The quantitative estimate of drug-likeness (QED) is 0.198. The maximum atomic E-state index is 11.6. The summed E-state index contributed by atoms with van der Waals surface area (Å²) in [5.74, 6) is -1.12. The lowest BCUT2D eigenvalue weighted by Crippen LogP contribution is -2.43. The first-order valence-corrected chi connectivity index (χ1v) is 17.5. The number of hydrogen-bond acceptors (Lipinski definition) is 7. The summed E-state index contributed by atoms with van der Waals surface area (Å²) < 4.78 is 1.11. The Balaban J connectivity index is 1.29. The fourth-order valence-electron chi connectivity index (χ4n) is 7.41. The van der Waals surface area contributed by atoms with E-state index in [9.17, 15) is 20.3 Å². The van der Waals surface area contributed by atoms with Gasteiger partial charge < -0.3 is 14.6 Å². The van der Waals surface area contributed by atoms with Crippen LogP contribution in [-0.2, 0) is 22.6 Å². The number of likely N-dealkylation sites (tertiary alicyclic amines) is 2. The van der Waals surface area contributed by atoms with Gasteiger partial charge in [0.25, 0.3) is 0 Å². The summed E-state index contributed by atoms with van der Waals surface area (Å²) in [6, 6.07) is 22.8. The highest BCUT2D eigenvalue weighted by Gasteiger charge is 2.52. The number of hydrogen-bond donors (Lipinski definition) is 2. The monoisotopic (exact) mass is 679 g/mol. The van der Waals surface area contributed by atoms with E-state index in [2.05, 4.69) is 71.4 Å². The van der Waals surface area contributed by atoms with Crippen molar-refractivity contribution < 1.29 is 15.0 Å². The van der Waals surface area contributed by atoms with Crippen molar-refractivity contribution in [2.24, 2.45) is 5.92 Å². The predicted molar refractivity (Wildman–Crippen MR) is 189 cm³/mol. The van der Waals surface area contributed by atoms with Crippen LogP contribution in [0.25, 0.3) is 11.1 Å². The maximum Gasteiger partial charge on any atom is 0.307 e. The highest BCUT2D eigenvalue weighted by Crippen LogP contribution is 2.59. The number of rotatable bonds is 9. The molecule has 0 radical (unpaired) electrons. The first-order chi connectivity index (χ1) is 23.1. The van der Waals surface area contributed by atoms with Crippen LogP contribution in [0.15, 0.2) is 96.3 Å². The molecule has 0 saturated carbocycles. The van der Waals surface area contributed by atoms with Crippen LogP contribution in [0.1, 0.15) is 47.7 Å². The van der Waals surface area contributed by atoms with E-state index in [0.717, 1.165) is 57.9 Å². The van der Waals surface area contributed by atoms with Crippen LogP contribution >= 0.6 is 23.4 Å². The second-order valence-electron chi connectivity index (χ2n) is 13.3. The number of carboxylic acids is 1. The van der Waals surface area contributed by atoms with Crippen LogP contribution in [0, 0.1) is 17.2 Å². The normalized spacial score (nSPS) is 26.2. The molecule has 10 heteroatoms. The van der Waals surface area contributed by atoms with Crippen LogP contribution in [-0.4, -0.2) is 72.5 Å².